The molecule has 4 aromatic rings. The van der Waals surface area contributed by atoms with Crippen molar-refractivity contribution >= 4 is 34.7 Å². The molecule has 0 bridgehead atoms. The summed E-state index contributed by atoms with van der Waals surface area (Å²) >= 11 is 0. The summed E-state index contributed by atoms with van der Waals surface area (Å²) in [5.74, 6) is -0.858. The molecule has 1 aromatic heterocycles. The zero-order valence-corrected chi connectivity index (χ0v) is 20.2. The van der Waals surface area contributed by atoms with Gasteiger partial charge in [-0.1, -0.05) is 36.4 Å². The number of carbonyl (C=O) groups excluding carboxylic acids is 4. The number of carbonyl (C=O) groups is 4. The fraction of sp³-hybridized carbons (Fsp3) is 0.148. The quantitative estimate of drug-likeness (QED) is 0.291. The number of nitrogens with two attached hydrogens (primary N) is 1. The number of methoxy groups -OCH3 is 1. The Bertz CT molecular complexity index is 1660. The van der Waals surface area contributed by atoms with Crippen LogP contribution in [0.4, 0.5) is 4.79 Å². The van der Waals surface area contributed by atoms with E-state index in [0.29, 0.717) is 34.3 Å². The highest BCUT2D eigenvalue weighted by Gasteiger charge is 2.50. The molecule has 3 aromatic carbocycles. The molecule has 11 nitrogen and oxygen atoms in total. The number of rotatable bonds is 6. The minimum absolute atomic E-state index is 0.0529. The number of aromatic nitrogens is 2. The minimum atomic E-state index is -1.47. The monoisotopic (exact) mass is 510 g/mol. The molecule has 5 N–H and O–H groups in total. The molecule has 2 aliphatic rings. The lowest BCUT2D eigenvalue weighted by Gasteiger charge is -2.31. The highest BCUT2D eigenvalue weighted by Crippen LogP contribution is 2.34. The molecule has 3 heterocycles. The van der Waals surface area contributed by atoms with Gasteiger partial charge < -0.3 is 20.7 Å². The van der Waals surface area contributed by atoms with Gasteiger partial charge >= 0.3 is 6.03 Å². The van der Waals surface area contributed by atoms with Crippen molar-refractivity contribution in [1.29, 1.82) is 0 Å². The van der Waals surface area contributed by atoms with Gasteiger partial charge in [-0.15, -0.1) is 0 Å². The highest BCUT2D eigenvalue weighted by molar-refractivity contribution is 6.08. The summed E-state index contributed by atoms with van der Waals surface area (Å²) in [6, 6.07) is 17.2. The second-order valence-electron chi connectivity index (χ2n) is 9.27. The van der Waals surface area contributed by atoms with Gasteiger partial charge in [-0.25, -0.2) is 4.79 Å². The number of ether oxygens (including phenoxy) is 1. The van der Waals surface area contributed by atoms with Gasteiger partial charge in [0.1, 0.15) is 5.75 Å². The summed E-state index contributed by atoms with van der Waals surface area (Å²) in [6.07, 6.45) is 0. The summed E-state index contributed by atoms with van der Waals surface area (Å²) in [4.78, 5) is 51.9. The summed E-state index contributed by atoms with van der Waals surface area (Å²) < 4.78 is 5.24. The average Bonchev–Trinajstić information content (AvgIpc) is 3.57. The van der Waals surface area contributed by atoms with Crippen molar-refractivity contribution in [3.63, 3.8) is 0 Å². The lowest BCUT2D eigenvalue weighted by atomic mass is 9.88. The van der Waals surface area contributed by atoms with Crippen molar-refractivity contribution < 1.29 is 23.9 Å². The van der Waals surface area contributed by atoms with Gasteiger partial charge in [0, 0.05) is 17.5 Å². The van der Waals surface area contributed by atoms with E-state index in [1.54, 1.807) is 35.2 Å². The van der Waals surface area contributed by atoms with E-state index in [2.05, 4.69) is 20.8 Å². The van der Waals surface area contributed by atoms with E-state index in [1.807, 2.05) is 30.3 Å². The van der Waals surface area contributed by atoms with Crippen LogP contribution in [0.1, 0.15) is 32.0 Å². The standard InChI is InChI=1S/C27H22N6O5/c1-38-18-8-4-16-12-33(24(35)19(16)11-18)13-27(25(36)29-26(37)30-27)17-6-2-14(3-7-17)15-5-9-21-20(10-15)22(23(28)34)32-31-21/h2-11H,12-13H2,1H3,(H2,28,34)(H,31,32)(H2,29,30,36,37)/t27-/m0/s1. The molecule has 5 amide bonds. The predicted molar refractivity (Wildman–Crippen MR) is 136 cm³/mol. The Morgan fingerprint density at radius 3 is 2.50 bits per heavy atom. The van der Waals surface area contributed by atoms with E-state index < -0.39 is 23.4 Å². The molecule has 11 heteroatoms. The van der Waals surface area contributed by atoms with Crippen LogP contribution in [0, 0.1) is 0 Å². The van der Waals surface area contributed by atoms with Crippen molar-refractivity contribution in [3.05, 3.63) is 83.0 Å². The number of hydrogen-bond donors (Lipinski definition) is 4. The Morgan fingerprint density at radius 1 is 1.05 bits per heavy atom. The van der Waals surface area contributed by atoms with E-state index in [9.17, 15) is 19.2 Å². The van der Waals surface area contributed by atoms with E-state index >= 15 is 0 Å². The van der Waals surface area contributed by atoms with Crippen LogP contribution in [0.25, 0.3) is 22.0 Å². The number of benzene rings is 3. The number of fused-ring (bicyclic) bond motifs is 2. The predicted octanol–water partition coefficient (Wildman–Crippen LogP) is 2.03. The van der Waals surface area contributed by atoms with E-state index in [0.717, 1.165) is 16.7 Å². The van der Waals surface area contributed by atoms with Crippen molar-refractivity contribution in [2.45, 2.75) is 12.1 Å². The third-order valence-corrected chi connectivity index (χ3v) is 7.07. The Labute approximate surface area is 215 Å². The van der Waals surface area contributed by atoms with Gasteiger partial charge in [0.25, 0.3) is 17.7 Å². The average molecular weight is 511 g/mol. The maximum absolute atomic E-state index is 13.2. The zero-order chi connectivity index (χ0) is 26.6. The Hall–Kier alpha value is -5.19. The fourth-order valence-electron chi connectivity index (χ4n) is 5.11. The molecule has 0 aliphatic carbocycles. The van der Waals surface area contributed by atoms with E-state index in [4.69, 9.17) is 10.5 Å². The lowest BCUT2D eigenvalue weighted by molar-refractivity contribution is -0.124. The summed E-state index contributed by atoms with van der Waals surface area (Å²) in [5, 5.41) is 12.4. The molecule has 6 rings (SSSR count). The van der Waals surface area contributed by atoms with Crippen LogP contribution in [-0.2, 0) is 16.9 Å². The number of hydrogen-bond acceptors (Lipinski definition) is 6. The largest absolute Gasteiger partial charge is 0.497 e. The van der Waals surface area contributed by atoms with Gasteiger partial charge in [-0.05, 0) is 46.5 Å². The normalized spacial score (nSPS) is 18.4. The molecular formula is C27H22N6O5. The van der Waals surface area contributed by atoms with Crippen molar-refractivity contribution in [3.8, 4) is 16.9 Å². The van der Waals surface area contributed by atoms with Crippen LogP contribution < -0.4 is 21.1 Å². The van der Waals surface area contributed by atoms with Crippen LogP contribution in [0.5, 0.6) is 5.75 Å². The van der Waals surface area contributed by atoms with Gasteiger partial charge in [-0.2, -0.15) is 5.10 Å². The van der Waals surface area contributed by atoms with Crippen LogP contribution in [0.3, 0.4) is 0 Å². The molecule has 2 aliphatic heterocycles. The number of H-pyrrole nitrogens is 1. The van der Waals surface area contributed by atoms with Crippen molar-refractivity contribution in [2.75, 3.05) is 13.7 Å². The molecule has 1 atom stereocenters. The first kappa shape index (κ1) is 23.2. The minimum Gasteiger partial charge on any atom is -0.497 e. The fourth-order valence-corrected chi connectivity index (χ4v) is 5.11. The Kier molecular flexibility index (Phi) is 5.16. The van der Waals surface area contributed by atoms with Gasteiger partial charge in [0.2, 0.25) is 0 Å². The van der Waals surface area contributed by atoms with E-state index in [-0.39, 0.29) is 18.1 Å². The van der Waals surface area contributed by atoms with Crippen LogP contribution in [0.2, 0.25) is 0 Å². The zero-order valence-electron chi connectivity index (χ0n) is 20.2. The number of urea groups is 1. The highest BCUT2D eigenvalue weighted by atomic mass is 16.5. The van der Waals surface area contributed by atoms with Crippen LogP contribution >= 0.6 is 0 Å². The number of amides is 5. The van der Waals surface area contributed by atoms with E-state index in [1.165, 1.54) is 7.11 Å². The molecule has 38 heavy (non-hydrogen) atoms. The number of nitrogens with one attached hydrogen (secondary N) is 3. The lowest BCUT2D eigenvalue weighted by Crippen LogP contribution is -2.52. The molecule has 0 unspecified atom stereocenters. The Morgan fingerprint density at radius 2 is 1.82 bits per heavy atom. The van der Waals surface area contributed by atoms with Gasteiger partial charge in [0.05, 0.1) is 19.2 Å². The van der Waals surface area contributed by atoms with Crippen LogP contribution in [0.15, 0.2) is 60.7 Å². The second kappa shape index (κ2) is 8.44. The first-order valence-electron chi connectivity index (χ1n) is 11.8. The third-order valence-electron chi connectivity index (χ3n) is 7.07. The topological polar surface area (TPSA) is 160 Å². The molecule has 0 radical (unpaired) electrons. The number of imide groups is 1. The first-order valence-corrected chi connectivity index (χ1v) is 11.8. The summed E-state index contributed by atoms with van der Waals surface area (Å²) in [5.41, 5.74) is 8.25. The molecule has 1 fully saturated rings. The van der Waals surface area contributed by atoms with Gasteiger partial charge in [-0.3, -0.25) is 24.8 Å². The van der Waals surface area contributed by atoms with Gasteiger partial charge in [0.15, 0.2) is 11.2 Å². The molecule has 1 saturated heterocycles. The first-order chi connectivity index (χ1) is 18.3. The molecule has 0 spiro atoms. The summed E-state index contributed by atoms with van der Waals surface area (Å²) in [6.45, 7) is 0.247. The Balaban J connectivity index is 1.33. The number of aromatic amines is 1. The molecular weight excluding hydrogens is 488 g/mol. The SMILES string of the molecule is COc1ccc2c(c1)C(=O)N(C[C@@]1(c3ccc(-c4ccc5[nH]nc(C(N)=O)c5c4)cc3)NC(=O)NC1=O)C2. The summed E-state index contributed by atoms with van der Waals surface area (Å²) in [7, 11) is 1.53. The smallest absolute Gasteiger partial charge is 0.322 e. The third kappa shape index (κ3) is 3.55. The number of primary amides is 1. The maximum Gasteiger partial charge on any atom is 0.322 e. The van der Waals surface area contributed by atoms with Crippen molar-refractivity contribution in [1.82, 2.24) is 25.7 Å². The second-order valence-corrected chi connectivity index (χ2v) is 9.27. The van der Waals surface area contributed by atoms with Crippen LogP contribution in [-0.4, -0.2) is 52.5 Å². The molecule has 0 saturated carbocycles. The maximum atomic E-state index is 13.2. The van der Waals surface area contributed by atoms with Crippen molar-refractivity contribution in [2.24, 2.45) is 5.73 Å². The molecule has 190 valence electrons. The number of nitrogens with zero attached hydrogens (tertiary/aromatic N) is 2.